The maximum atomic E-state index is 4.16. The third kappa shape index (κ3) is 4.04. The second-order valence-corrected chi connectivity index (χ2v) is 4.41. The fourth-order valence-electron chi connectivity index (χ4n) is 1.08. The highest BCUT2D eigenvalue weighted by atomic mass is 14.9. The van der Waals surface area contributed by atoms with Gasteiger partial charge in [0.2, 0.25) is 0 Å². The van der Waals surface area contributed by atoms with Crippen molar-refractivity contribution in [3.8, 4) is 0 Å². The molecule has 1 aromatic rings. The number of hydrogen-bond donors (Lipinski definition) is 1. The monoisotopic (exact) mass is 178 g/mol. The molecule has 0 spiro atoms. The van der Waals surface area contributed by atoms with Gasteiger partial charge < -0.3 is 5.32 Å². The van der Waals surface area contributed by atoms with Gasteiger partial charge >= 0.3 is 0 Å². The highest BCUT2D eigenvalue weighted by Crippen LogP contribution is 2.04. The van der Waals surface area contributed by atoms with Crippen molar-refractivity contribution < 1.29 is 0 Å². The van der Waals surface area contributed by atoms with E-state index in [1.54, 1.807) is 0 Å². The van der Waals surface area contributed by atoms with E-state index in [0.29, 0.717) is 0 Å². The van der Waals surface area contributed by atoms with Crippen LogP contribution in [-0.4, -0.2) is 10.5 Å². The Kier molecular flexibility index (Phi) is 3.04. The summed E-state index contributed by atoms with van der Waals surface area (Å²) in [6, 6.07) is 4.16. The zero-order valence-corrected chi connectivity index (χ0v) is 8.89. The third-order valence-electron chi connectivity index (χ3n) is 1.78. The van der Waals surface area contributed by atoms with Crippen LogP contribution in [0.25, 0.3) is 0 Å². The lowest BCUT2D eigenvalue weighted by atomic mass is 10.1. The van der Waals surface area contributed by atoms with Crippen molar-refractivity contribution in [2.75, 3.05) is 0 Å². The van der Waals surface area contributed by atoms with Gasteiger partial charge in [-0.25, -0.2) is 0 Å². The van der Waals surface area contributed by atoms with E-state index in [1.807, 2.05) is 19.2 Å². The number of hydrogen-bond acceptors (Lipinski definition) is 2. The van der Waals surface area contributed by atoms with Crippen LogP contribution in [0.5, 0.6) is 0 Å². The van der Waals surface area contributed by atoms with Crippen LogP contribution in [0.1, 0.15) is 32.0 Å². The molecule has 0 unspecified atom stereocenters. The molecule has 0 aliphatic carbocycles. The van der Waals surface area contributed by atoms with Gasteiger partial charge in [-0.1, -0.05) is 0 Å². The van der Waals surface area contributed by atoms with Crippen LogP contribution < -0.4 is 5.32 Å². The summed E-state index contributed by atoms with van der Waals surface area (Å²) >= 11 is 0. The highest BCUT2D eigenvalue weighted by molar-refractivity contribution is 5.15. The zero-order valence-electron chi connectivity index (χ0n) is 8.89. The van der Waals surface area contributed by atoms with Gasteiger partial charge in [-0.05, 0) is 45.4 Å². The van der Waals surface area contributed by atoms with Gasteiger partial charge in [0.05, 0.1) is 0 Å². The van der Waals surface area contributed by atoms with Crippen molar-refractivity contribution in [2.45, 2.75) is 39.8 Å². The van der Waals surface area contributed by atoms with Gasteiger partial charge in [0.1, 0.15) is 0 Å². The first-order valence-corrected chi connectivity index (χ1v) is 4.64. The van der Waals surface area contributed by atoms with Crippen LogP contribution in [0.15, 0.2) is 18.3 Å². The quantitative estimate of drug-likeness (QED) is 0.751. The van der Waals surface area contributed by atoms with E-state index in [1.165, 1.54) is 5.56 Å². The van der Waals surface area contributed by atoms with Crippen LogP contribution in [-0.2, 0) is 6.54 Å². The molecule has 72 valence electrons. The molecular formula is C11H18N2. The molecule has 1 heterocycles. The van der Waals surface area contributed by atoms with E-state index in [4.69, 9.17) is 0 Å². The maximum Gasteiger partial charge on any atom is 0.0375 e. The maximum absolute atomic E-state index is 4.16. The average molecular weight is 178 g/mol. The minimum absolute atomic E-state index is 0.178. The third-order valence-corrected chi connectivity index (χ3v) is 1.78. The molecule has 0 aliphatic rings. The first kappa shape index (κ1) is 10.2. The Morgan fingerprint density at radius 2 is 2.08 bits per heavy atom. The molecule has 0 bridgehead atoms. The predicted molar refractivity (Wildman–Crippen MR) is 55.6 cm³/mol. The molecule has 1 aromatic heterocycles. The summed E-state index contributed by atoms with van der Waals surface area (Å²) in [4.78, 5) is 4.16. The van der Waals surface area contributed by atoms with E-state index >= 15 is 0 Å². The van der Waals surface area contributed by atoms with Crippen molar-refractivity contribution in [2.24, 2.45) is 0 Å². The first-order chi connectivity index (χ1) is 5.97. The van der Waals surface area contributed by atoms with E-state index in [0.717, 1.165) is 12.2 Å². The largest absolute Gasteiger partial charge is 0.308 e. The topological polar surface area (TPSA) is 24.9 Å². The number of nitrogens with zero attached hydrogens (tertiary/aromatic N) is 1. The molecule has 1 rings (SSSR count). The summed E-state index contributed by atoms with van der Waals surface area (Å²) in [6.07, 6.45) is 1.86. The average Bonchev–Trinajstić information content (AvgIpc) is 2.00. The second-order valence-electron chi connectivity index (χ2n) is 4.41. The molecule has 0 fully saturated rings. The van der Waals surface area contributed by atoms with Crippen molar-refractivity contribution in [1.82, 2.24) is 10.3 Å². The van der Waals surface area contributed by atoms with Crippen LogP contribution in [0.3, 0.4) is 0 Å². The fraction of sp³-hybridized carbons (Fsp3) is 0.545. The van der Waals surface area contributed by atoms with Crippen molar-refractivity contribution in [3.63, 3.8) is 0 Å². The van der Waals surface area contributed by atoms with Gasteiger partial charge in [-0.3, -0.25) is 4.98 Å². The van der Waals surface area contributed by atoms with Gasteiger partial charge in [-0.15, -0.1) is 0 Å². The molecule has 2 nitrogen and oxygen atoms in total. The van der Waals surface area contributed by atoms with Gasteiger partial charge in [-0.2, -0.15) is 0 Å². The first-order valence-electron chi connectivity index (χ1n) is 4.64. The predicted octanol–water partition coefficient (Wildman–Crippen LogP) is 2.28. The molecule has 0 atom stereocenters. The van der Waals surface area contributed by atoms with Crippen molar-refractivity contribution >= 4 is 0 Å². The molecule has 2 heteroatoms. The number of nitrogens with one attached hydrogen (secondary N) is 1. The number of rotatable bonds is 2. The van der Waals surface area contributed by atoms with E-state index < -0.39 is 0 Å². The minimum Gasteiger partial charge on any atom is -0.308 e. The molecule has 0 aromatic carbocycles. The van der Waals surface area contributed by atoms with Gasteiger partial charge in [0, 0.05) is 24.0 Å². The van der Waals surface area contributed by atoms with E-state index in [9.17, 15) is 0 Å². The molecular weight excluding hydrogens is 160 g/mol. The SMILES string of the molecule is Cc1cc(CNC(C)(C)C)ccn1. The van der Waals surface area contributed by atoms with Gasteiger partial charge in [0.15, 0.2) is 0 Å². The summed E-state index contributed by atoms with van der Waals surface area (Å²) in [5, 5.41) is 3.44. The van der Waals surface area contributed by atoms with E-state index in [2.05, 4.69) is 37.1 Å². The zero-order chi connectivity index (χ0) is 9.90. The fourth-order valence-corrected chi connectivity index (χ4v) is 1.08. The summed E-state index contributed by atoms with van der Waals surface area (Å²) in [5.41, 5.74) is 2.55. The Bertz CT molecular complexity index is 274. The molecule has 0 radical (unpaired) electrons. The molecule has 1 N–H and O–H groups in total. The Labute approximate surface area is 80.4 Å². The number of aromatic nitrogens is 1. The Balaban J connectivity index is 2.55. The molecule has 13 heavy (non-hydrogen) atoms. The standard InChI is InChI=1S/C11H18N2/c1-9-7-10(5-6-12-9)8-13-11(2,3)4/h5-7,13H,8H2,1-4H3. The Morgan fingerprint density at radius 1 is 1.38 bits per heavy atom. The van der Waals surface area contributed by atoms with Crippen molar-refractivity contribution in [1.29, 1.82) is 0 Å². The second kappa shape index (κ2) is 3.88. The minimum atomic E-state index is 0.178. The number of pyridine rings is 1. The summed E-state index contributed by atoms with van der Waals surface area (Å²) < 4.78 is 0. The van der Waals surface area contributed by atoms with Crippen LogP contribution >= 0.6 is 0 Å². The lowest BCUT2D eigenvalue weighted by molar-refractivity contribution is 0.424. The smallest absolute Gasteiger partial charge is 0.0375 e. The lowest BCUT2D eigenvalue weighted by Gasteiger charge is -2.20. The molecule has 0 saturated heterocycles. The summed E-state index contributed by atoms with van der Waals surface area (Å²) in [6.45, 7) is 9.43. The Morgan fingerprint density at radius 3 is 2.62 bits per heavy atom. The van der Waals surface area contributed by atoms with Crippen LogP contribution in [0, 0.1) is 6.92 Å². The summed E-state index contributed by atoms with van der Waals surface area (Å²) in [7, 11) is 0. The van der Waals surface area contributed by atoms with E-state index in [-0.39, 0.29) is 5.54 Å². The van der Waals surface area contributed by atoms with Gasteiger partial charge in [0.25, 0.3) is 0 Å². The summed E-state index contributed by atoms with van der Waals surface area (Å²) in [5.74, 6) is 0. The van der Waals surface area contributed by atoms with Crippen LogP contribution in [0.4, 0.5) is 0 Å². The Hall–Kier alpha value is -0.890. The number of aryl methyl sites for hydroxylation is 1. The van der Waals surface area contributed by atoms with Crippen LogP contribution in [0.2, 0.25) is 0 Å². The molecule has 0 saturated carbocycles. The highest BCUT2D eigenvalue weighted by Gasteiger charge is 2.07. The molecule has 0 amide bonds. The lowest BCUT2D eigenvalue weighted by Crippen LogP contribution is -2.35. The molecule has 0 aliphatic heterocycles. The van der Waals surface area contributed by atoms with Crippen molar-refractivity contribution in [3.05, 3.63) is 29.6 Å². The normalized spacial score (nSPS) is 11.7.